The molecule has 234 valence electrons. The zero-order valence-electron chi connectivity index (χ0n) is 27.1. The van der Waals surface area contributed by atoms with Crippen LogP contribution in [0.25, 0.3) is 0 Å². The summed E-state index contributed by atoms with van der Waals surface area (Å²) >= 11 is 0. The second kappa shape index (κ2) is 35.8. The molecule has 0 heterocycles. The van der Waals surface area contributed by atoms with Gasteiger partial charge in [0.1, 0.15) is 0 Å². The minimum Gasteiger partial charge on any atom is -0.726 e. The van der Waals surface area contributed by atoms with Gasteiger partial charge in [0.05, 0.1) is 6.61 Å². The second-order valence-corrected chi connectivity index (χ2v) is 12.9. The Labute approximate surface area is 273 Å². The number of hydrogen-bond donors (Lipinski definition) is 0. The molecule has 4 nitrogen and oxygen atoms in total. The zero-order valence-corrected chi connectivity index (χ0v) is 29.9. The summed E-state index contributed by atoms with van der Waals surface area (Å²) in [5.41, 5.74) is 0. The summed E-state index contributed by atoms with van der Waals surface area (Å²) in [5, 5.41) is 0. The third kappa shape index (κ3) is 40.7. The van der Waals surface area contributed by atoms with Gasteiger partial charge >= 0.3 is 29.6 Å². The predicted molar refractivity (Wildman–Crippen MR) is 169 cm³/mol. The zero-order chi connectivity index (χ0) is 28.5. The maximum Gasteiger partial charge on any atom is 1.00 e. The molecular formula is C34H67NaO4S. The number of hydrogen-bond acceptors (Lipinski definition) is 4. The van der Waals surface area contributed by atoms with Crippen molar-refractivity contribution in [1.82, 2.24) is 0 Å². The van der Waals surface area contributed by atoms with Crippen molar-refractivity contribution in [3.8, 4) is 0 Å². The first kappa shape index (κ1) is 42.7. The Kier molecular flexibility index (Phi) is 38.3. The molecule has 40 heavy (non-hydrogen) atoms. The summed E-state index contributed by atoms with van der Waals surface area (Å²) in [6.45, 7) is 2.32. The molecule has 6 heteroatoms. The van der Waals surface area contributed by atoms with Crippen molar-refractivity contribution in [2.24, 2.45) is 0 Å². The Morgan fingerprint density at radius 1 is 0.450 bits per heavy atom. The molecule has 0 unspecified atom stereocenters. The van der Waals surface area contributed by atoms with Gasteiger partial charge in [0, 0.05) is 0 Å². The van der Waals surface area contributed by atoms with Gasteiger partial charge in [0.15, 0.2) is 0 Å². The molecule has 0 atom stereocenters. The molecule has 0 N–H and O–H groups in total. The van der Waals surface area contributed by atoms with Crippen molar-refractivity contribution < 1.29 is 46.7 Å². The number of unbranched alkanes of at least 4 members (excludes halogenated alkanes) is 28. The van der Waals surface area contributed by atoms with Crippen LogP contribution in [-0.2, 0) is 14.6 Å². The summed E-state index contributed by atoms with van der Waals surface area (Å²) < 4.78 is 35.2. The molecule has 0 rings (SSSR count). The topological polar surface area (TPSA) is 66.4 Å². The number of allylic oxidation sites excluding steroid dienone is 2. The Bertz CT molecular complexity index is 595. The van der Waals surface area contributed by atoms with E-state index in [1.165, 1.54) is 161 Å². The Balaban J connectivity index is 0. The van der Waals surface area contributed by atoms with Crippen LogP contribution in [-0.4, -0.2) is 19.6 Å². The Morgan fingerprint density at radius 2 is 0.700 bits per heavy atom. The van der Waals surface area contributed by atoms with Gasteiger partial charge in [0.2, 0.25) is 10.4 Å². The molecule has 0 aromatic heterocycles. The van der Waals surface area contributed by atoms with Crippen LogP contribution in [0.5, 0.6) is 0 Å². The van der Waals surface area contributed by atoms with Crippen LogP contribution in [0, 0.1) is 0 Å². The summed E-state index contributed by atoms with van der Waals surface area (Å²) in [4.78, 5) is 0. The van der Waals surface area contributed by atoms with Gasteiger partial charge in [-0.2, -0.15) is 0 Å². The average Bonchev–Trinajstić information content (AvgIpc) is 2.90. The smallest absolute Gasteiger partial charge is 0.726 e. The number of rotatable bonds is 33. The summed E-state index contributed by atoms with van der Waals surface area (Å²) in [5.74, 6) is 0. The van der Waals surface area contributed by atoms with Gasteiger partial charge in [-0.1, -0.05) is 180 Å². The van der Waals surface area contributed by atoms with E-state index in [-0.39, 0.29) is 36.2 Å². The first-order valence-corrected chi connectivity index (χ1v) is 18.6. The van der Waals surface area contributed by atoms with Gasteiger partial charge in [-0.15, -0.1) is 0 Å². The molecule has 0 amide bonds. The van der Waals surface area contributed by atoms with Crippen LogP contribution in [0.3, 0.4) is 0 Å². The summed E-state index contributed by atoms with van der Waals surface area (Å²) in [7, 11) is -4.51. The molecule has 0 radical (unpaired) electrons. The monoisotopic (exact) mass is 594 g/mol. The quantitative estimate of drug-likeness (QED) is 0.0250. The molecule has 0 bridgehead atoms. The van der Waals surface area contributed by atoms with Crippen molar-refractivity contribution in [3.05, 3.63) is 12.2 Å². The SMILES string of the molecule is CCCCCCCCCCCCCCCCCCCCCCCCC=CCCCCCCCCOS(=O)(=O)[O-].[Na+]. The van der Waals surface area contributed by atoms with E-state index in [1.807, 2.05) is 0 Å². The molecule has 0 aromatic carbocycles. The van der Waals surface area contributed by atoms with Crippen molar-refractivity contribution in [2.45, 2.75) is 200 Å². The van der Waals surface area contributed by atoms with E-state index < -0.39 is 10.4 Å². The van der Waals surface area contributed by atoms with E-state index in [0.29, 0.717) is 6.42 Å². The molecule has 0 saturated heterocycles. The van der Waals surface area contributed by atoms with Crippen LogP contribution in [0.2, 0.25) is 0 Å². The van der Waals surface area contributed by atoms with Gasteiger partial charge in [-0.25, -0.2) is 8.42 Å². The molecule has 0 aliphatic rings. The molecule has 0 aliphatic heterocycles. The minimum absolute atomic E-state index is 0. The fraction of sp³-hybridized carbons (Fsp3) is 0.941. The third-order valence-corrected chi connectivity index (χ3v) is 8.34. The Morgan fingerprint density at radius 3 is 0.975 bits per heavy atom. The van der Waals surface area contributed by atoms with E-state index in [0.717, 1.165) is 25.7 Å². The summed E-state index contributed by atoms with van der Waals surface area (Å²) in [6, 6.07) is 0. The largest absolute Gasteiger partial charge is 1.00 e. The van der Waals surface area contributed by atoms with E-state index in [1.54, 1.807) is 0 Å². The van der Waals surface area contributed by atoms with Crippen molar-refractivity contribution in [2.75, 3.05) is 6.61 Å². The first-order chi connectivity index (χ1) is 19.1. The molecule has 0 aliphatic carbocycles. The minimum atomic E-state index is -4.51. The van der Waals surface area contributed by atoms with Crippen LogP contribution >= 0.6 is 0 Å². The van der Waals surface area contributed by atoms with Gasteiger partial charge < -0.3 is 4.55 Å². The van der Waals surface area contributed by atoms with Gasteiger partial charge in [-0.05, 0) is 32.1 Å². The summed E-state index contributed by atoms with van der Waals surface area (Å²) in [6.07, 6.45) is 45.0. The van der Waals surface area contributed by atoms with Crippen molar-refractivity contribution in [1.29, 1.82) is 0 Å². The molecule has 0 fully saturated rings. The van der Waals surface area contributed by atoms with Crippen LogP contribution in [0.15, 0.2) is 12.2 Å². The molecule has 0 spiro atoms. The van der Waals surface area contributed by atoms with Crippen molar-refractivity contribution in [3.63, 3.8) is 0 Å². The van der Waals surface area contributed by atoms with Crippen LogP contribution < -0.4 is 29.6 Å². The van der Waals surface area contributed by atoms with Crippen molar-refractivity contribution >= 4 is 10.4 Å². The second-order valence-electron chi connectivity index (χ2n) is 11.8. The molecular weight excluding hydrogens is 527 g/mol. The van der Waals surface area contributed by atoms with Crippen LogP contribution in [0.4, 0.5) is 0 Å². The average molecular weight is 595 g/mol. The standard InChI is InChI=1S/C34H68O4S.Na/c1-2-3-4-5-6-7-8-9-10-11-12-13-14-15-16-17-18-19-20-21-22-23-24-25-26-27-28-29-30-31-32-33-34-38-39(35,36)37;/h25-26H,2-24,27-34H2,1H3,(H,35,36,37);/q;+1/p-1. The Hall–Kier alpha value is 0.610. The van der Waals surface area contributed by atoms with E-state index >= 15 is 0 Å². The van der Waals surface area contributed by atoms with Gasteiger partial charge in [-0.3, -0.25) is 4.18 Å². The van der Waals surface area contributed by atoms with E-state index in [2.05, 4.69) is 23.3 Å². The molecule has 0 saturated carbocycles. The van der Waals surface area contributed by atoms with Crippen LogP contribution in [0.1, 0.15) is 200 Å². The molecule has 0 aromatic rings. The normalized spacial score (nSPS) is 11.8. The van der Waals surface area contributed by atoms with E-state index in [4.69, 9.17) is 0 Å². The fourth-order valence-corrected chi connectivity index (χ4v) is 5.66. The van der Waals surface area contributed by atoms with Gasteiger partial charge in [0.25, 0.3) is 0 Å². The maximum absolute atomic E-state index is 10.3. The fourth-order valence-electron chi connectivity index (χ4n) is 5.34. The first-order valence-electron chi connectivity index (χ1n) is 17.3. The third-order valence-electron chi connectivity index (χ3n) is 7.88. The van der Waals surface area contributed by atoms with E-state index in [9.17, 15) is 13.0 Å². The predicted octanol–water partition coefficient (Wildman–Crippen LogP) is 8.75. The maximum atomic E-state index is 10.3.